The van der Waals surface area contributed by atoms with Crippen molar-refractivity contribution >= 4 is 0 Å². The lowest BCUT2D eigenvalue weighted by Crippen LogP contribution is -2.31. The standard InChI is InChI=1S/C20H27F3O3/c1-3-5-6-7-15-9-10-16(13-26-15)25-12-14-8-11-17(24-4-2)18(19(14)21)20(22)23/h3,5,8,11,15-16,20H,4,6-7,9-10,12-13H2,1-2H3/b5-3+. The van der Waals surface area contributed by atoms with Crippen LogP contribution in [0.25, 0.3) is 0 Å². The molecule has 1 saturated heterocycles. The first-order chi connectivity index (χ1) is 12.6. The van der Waals surface area contributed by atoms with E-state index in [0.29, 0.717) is 6.61 Å². The van der Waals surface area contributed by atoms with Gasteiger partial charge in [-0.3, -0.25) is 0 Å². The molecule has 1 heterocycles. The highest BCUT2D eigenvalue weighted by Crippen LogP contribution is 2.34. The van der Waals surface area contributed by atoms with Gasteiger partial charge in [-0.25, -0.2) is 13.2 Å². The van der Waals surface area contributed by atoms with Crippen molar-refractivity contribution in [2.24, 2.45) is 0 Å². The Kier molecular flexibility index (Phi) is 8.45. The Morgan fingerprint density at radius 2 is 2.12 bits per heavy atom. The third kappa shape index (κ3) is 5.74. The maximum Gasteiger partial charge on any atom is 0.270 e. The number of rotatable bonds is 9. The maximum absolute atomic E-state index is 14.4. The molecule has 0 radical (unpaired) electrons. The molecule has 3 nitrogen and oxygen atoms in total. The van der Waals surface area contributed by atoms with Crippen molar-refractivity contribution in [2.75, 3.05) is 13.2 Å². The second-order valence-corrected chi connectivity index (χ2v) is 6.30. The molecule has 6 heteroatoms. The molecule has 1 aliphatic rings. The SMILES string of the molecule is C/C=C/CCC1CCC(OCc2ccc(OCC)c(C(F)F)c2F)CO1. The number of hydrogen-bond acceptors (Lipinski definition) is 3. The van der Waals surface area contributed by atoms with Gasteiger partial charge in [-0.15, -0.1) is 0 Å². The predicted octanol–water partition coefficient (Wildman–Crippen LogP) is 5.58. The first-order valence-corrected chi connectivity index (χ1v) is 9.13. The molecular weight excluding hydrogens is 345 g/mol. The molecule has 0 saturated carbocycles. The van der Waals surface area contributed by atoms with Crippen LogP contribution in [0.4, 0.5) is 13.2 Å². The Morgan fingerprint density at radius 3 is 2.73 bits per heavy atom. The molecule has 0 amide bonds. The van der Waals surface area contributed by atoms with Gasteiger partial charge in [-0.2, -0.15) is 0 Å². The van der Waals surface area contributed by atoms with Crippen LogP contribution in [0, 0.1) is 5.82 Å². The molecule has 0 spiro atoms. The normalized spacial score (nSPS) is 20.8. The molecule has 1 fully saturated rings. The second-order valence-electron chi connectivity index (χ2n) is 6.30. The highest BCUT2D eigenvalue weighted by Gasteiger charge is 2.25. The lowest BCUT2D eigenvalue weighted by Gasteiger charge is -2.29. The van der Waals surface area contributed by atoms with Crippen LogP contribution in [0.2, 0.25) is 0 Å². The Balaban J connectivity index is 1.89. The van der Waals surface area contributed by atoms with Gasteiger partial charge >= 0.3 is 0 Å². The fraction of sp³-hybridized carbons (Fsp3) is 0.600. The Morgan fingerprint density at radius 1 is 1.31 bits per heavy atom. The van der Waals surface area contributed by atoms with E-state index < -0.39 is 17.8 Å². The largest absolute Gasteiger partial charge is 0.493 e. The second kappa shape index (κ2) is 10.6. The van der Waals surface area contributed by atoms with E-state index >= 15 is 0 Å². The zero-order chi connectivity index (χ0) is 18.9. The van der Waals surface area contributed by atoms with Crippen molar-refractivity contribution in [3.05, 3.63) is 41.2 Å². The van der Waals surface area contributed by atoms with Crippen LogP contribution in [0.5, 0.6) is 5.75 Å². The van der Waals surface area contributed by atoms with Crippen molar-refractivity contribution in [3.8, 4) is 5.75 Å². The van der Waals surface area contributed by atoms with Crippen molar-refractivity contribution in [1.82, 2.24) is 0 Å². The van der Waals surface area contributed by atoms with E-state index in [9.17, 15) is 13.2 Å². The van der Waals surface area contributed by atoms with Gasteiger partial charge in [-0.05, 0) is 45.6 Å². The number of benzene rings is 1. The summed E-state index contributed by atoms with van der Waals surface area (Å²) in [6.07, 6.45) is 4.94. The predicted molar refractivity (Wildman–Crippen MR) is 94.1 cm³/mol. The van der Waals surface area contributed by atoms with Gasteiger partial charge in [0.2, 0.25) is 0 Å². The van der Waals surface area contributed by atoms with E-state index in [0.717, 1.165) is 25.7 Å². The van der Waals surface area contributed by atoms with Crippen molar-refractivity contribution < 1.29 is 27.4 Å². The summed E-state index contributed by atoms with van der Waals surface area (Å²) in [5, 5.41) is 0. The van der Waals surface area contributed by atoms with E-state index in [-0.39, 0.29) is 36.7 Å². The van der Waals surface area contributed by atoms with Crippen LogP contribution in [0.1, 0.15) is 57.1 Å². The number of allylic oxidation sites excluding steroid dienone is 2. The number of alkyl halides is 2. The van der Waals surface area contributed by atoms with Gasteiger partial charge in [0.25, 0.3) is 6.43 Å². The number of hydrogen-bond donors (Lipinski definition) is 0. The Bertz CT molecular complexity index is 582. The highest BCUT2D eigenvalue weighted by molar-refractivity contribution is 5.39. The highest BCUT2D eigenvalue weighted by atomic mass is 19.3. The summed E-state index contributed by atoms with van der Waals surface area (Å²) in [6, 6.07) is 2.82. The zero-order valence-electron chi connectivity index (χ0n) is 15.3. The van der Waals surface area contributed by atoms with Crippen LogP contribution < -0.4 is 4.74 Å². The topological polar surface area (TPSA) is 27.7 Å². The van der Waals surface area contributed by atoms with E-state index in [2.05, 4.69) is 6.08 Å². The molecule has 2 unspecified atom stereocenters. The van der Waals surface area contributed by atoms with Crippen LogP contribution in [0.3, 0.4) is 0 Å². The maximum atomic E-state index is 14.4. The average molecular weight is 372 g/mol. The van der Waals surface area contributed by atoms with Crippen LogP contribution in [0.15, 0.2) is 24.3 Å². The summed E-state index contributed by atoms with van der Waals surface area (Å²) in [4.78, 5) is 0. The van der Waals surface area contributed by atoms with E-state index in [4.69, 9.17) is 14.2 Å². The fourth-order valence-electron chi connectivity index (χ4n) is 3.01. The summed E-state index contributed by atoms with van der Waals surface area (Å²) >= 11 is 0. The van der Waals surface area contributed by atoms with Gasteiger partial charge < -0.3 is 14.2 Å². The molecular formula is C20H27F3O3. The lowest BCUT2D eigenvalue weighted by molar-refractivity contribution is -0.0924. The minimum atomic E-state index is -2.94. The minimum absolute atomic E-state index is 0.0603. The molecule has 0 bridgehead atoms. The van der Waals surface area contributed by atoms with Crippen molar-refractivity contribution in [1.29, 1.82) is 0 Å². The summed E-state index contributed by atoms with van der Waals surface area (Å²) in [7, 11) is 0. The summed E-state index contributed by atoms with van der Waals surface area (Å²) < 4.78 is 57.3. The fourth-order valence-corrected chi connectivity index (χ4v) is 3.01. The first-order valence-electron chi connectivity index (χ1n) is 9.13. The third-order valence-corrected chi connectivity index (χ3v) is 4.43. The Hall–Kier alpha value is -1.53. The van der Waals surface area contributed by atoms with Gasteiger partial charge in [0.15, 0.2) is 0 Å². The third-order valence-electron chi connectivity index (χ3n) is 4.43. The van der Waals surface area contributed by atoms with Crippen LogP contribution in [-0.2, 0) is 16.1 Å². The molecule has 1 aromatic rings. The molecule has 0 N–H and O–H groups in total. The molecule has 0 aliphatic carbocycles. The van der Waals surface area contributed by atoms with Gasteiger partial charge in [0, 0.05) is 5.56 Å². The monoisotopic (exact) mass is 372 g/mol. The van der Waals surface area contributed by atoms with Gasteiger partial charge in [-0.1, -0.05) is 18.2 Å². The van der Waals surface area contributed by atoms with E-state index in [1.54, 1.807) is 6.92 Å². The molecule has 1 aromatic carbocycles. The molecule has 26 heavy (non-hydrogen) atoms. The zero-order valence-corrected chi connectivity index (χ0v) is 15.3. The van der Waals surface area contributed by atoms with Crippen LogP contribution >= 0.6 is 0 Å². The van der Waals surface area contributed by atoms with E-state index in [1.165, 1.54) is 12.1 Å². The average Bonchev–Trinajstić information content (AvgIpc) is 2.62. The first kappa shape index (κ1) is 20.8. The van der Waals surface area contributed by atoms with E-state index in [1.807, 2.05) is 13.0 Å². The van der Waals surface area contributed by atoms with Crippen LogP contribution in [-0.4, -0.2) is 25.4 Å². The molecule has 0 aromatic heterocycles. The molecule has 2 rings (SSSR count). The van der Waals surface area contributed by atoms with Crippen molar-refractivity contribution in [2.45, 2.75) is 64.8 Å². The Labute approximate surface area is 153 Å². The lowest BCUT2D eigenvalue weighted by atomic mass is 10.0. The molecule has 146 valence electrons. The van der Waals surface area contributed by atoms with Gasteiger partial charge in [0.05, 0.1) is 37.6 Å². The van der Waals surface area contributed by atoms with Crippen molar-refractivity contribution in [3.63, 3.8) is 0 Å². The quantitative estimate of drug-likeness (QED) is 0.530. The number of ether oxygens (including phenoxy) is 3. The van der Waals surface area contributed by atoms with Gasteiger partial charge in [0.1, 0.15) is 11.6 Å². The smallest absolute Gasteiger partial charge is 0.270 e. The number of halogens is 3. The minimum Gasteiger partial charge on any atom is -0.493 e. The summed E-state index contributed by atoms with van der Waals surface area (Å²) in [5.41, 5.74) is -0.587. The summed E-state index contributed by atoms with van der Waals surface area (Å²) in [5.74, 6) is -1.07. The summed E-state index contributed by atoms with van der Waals surface area (Å²) in [6.45, 7) is 4.24. The molecule has 1 aliphatic heterocycles. The molecule has 2 atom stereocenters.